The smallest absolute Gasteiger partial charge is 0.131 e. The molecule has 3 nitrogen and oxygen atoms in total. The second-order valence-electron chi connectivity index (χ2n) is 12.0. The Labute approximate surface area is 233 Å². The van der Waals surface area contributed by atoms with Crippen molar-refractivity contribution in [2.75, 3.05) is 13.1 Å². The molecule has 0 unspecified atom stereocenters. The van der Waals surface area contributed by atoms with Crippen molar-refractivity contribution in [1.29, 1.82) is 0 Å². The lowest BCUT2D eigenvalue weighted by Crippen LogP contribution is -2.37. The van der Waals surface area contributed by atoms with Gasteiger partial charge < -0.3 is 4.74 Å². The van der Waals surface area contributed by atoms with Crippen LogP contribution in [0.25, 0.3) is 12.2 Å². The highest BCUT2D eigenvalue weighted by Crippen LogP contribution is 2.38. The van der Waals surface area contributed by atoms with Crippen LogP contribution in [0.15, 0.2) is 48.6 Å². The highest BCUT2D eigenvalue weighted by molar-refractivity contribution is 5.60. The molecule has 0 spiro atoms. The van der Waals surface area contributed by atoms with Gasteiger partial charge in [0, 0.05) is 30.6 Å². The van der Waals surface area contributed by atoms with Crippen LogP contribution in [0.3, 0.4) is 0 Å². The zero-order valence-corrected chi connectivity index (χ0v) is 25.3. The van der Waals surface area contributed by atoms with Gasteiger partial charge in [0.05, 0.1) is 0 Å². The van der Waals surface area contributed by atoms with E-state index in [9.17, 15) is 0 Å². The lowest BCUT2D eigenvalue weighted by atomic mass is 9.97. The average Bonchev–Trinajstić information content (AvgIpc) is 2.85. The van der Waals surface area contributed by atoms with Gasteiger partial charge in [-0.1, -0.05) is 48.6 Å². The first-order valence-corrected chi connectivity index (χ1v) is 14.9. The molecule has 0 aliphatic carbocycles. The molecule has 1 heterocycles. The number of benzene rings is 2. The molecule has 1 aliphatic heterocycles. The zero-order chi connectivity index (χ0) is 27.7. The zero-order valence-electron chi connectivity index (χ0n) is 25.3. The van der Waals surface area contributed by atoms with Crippen LogP contribution < -0.4 is 4.74 Å². The SMILES string of the molecule is CC(C)N(CCCC=Cc1ccc2c(c1)Oc1cc(C=CCCCN(C(C)C)C(C)C)ccc1C2)C(C)C. The van der Waals surface area contributed by atoms with E-state index in [1.54, 1.807) is 0 Å². The maximum Gasteiger partial charge on any atom is 0.131 e. The van der Waals surface area contributed by atoms with E-state index in [0.29, 0.717) is 24.2 Å². The second kappa shape index (κ2) is 14.7. The minimum absolute atomic E-state index is 0.598. The number of hydrogen-bond donors (Lipinski definition) is 0. The van der Waals surface area contributed by atoms with Crippen molar-refractivity contribution < 1.29 is 4.74 Å². The fourth-order valence-corrected chi connectivity index (χ4v) is 5.60. The molecule has 208 valence electrons. The summed E-state index contributed by atoms with van der Waals surface area (Å²) in [6, 6.07) is 15.7. The summed E-state index contributed by atoms with van der Waals surface area (Å²) in [5.41, 5.74) is 4.96. The van der Waals surface area contributed by atoms with Gasteiger partial charge in [0.1, 0.15) is 11.5 Å². The molecule has 0 N–H and O–H groups in total. The number of hydrogen-bond acceptors (Lipinski definition) is 3. The normalized spacial score (nSPS) is 13.6. The fraction of sp³-hybridized carbons (Fsp3) is 0.543. The molecule has 0 saturated carbocycles. The largest absolute Gasteiger partial charge is 0.457 e. The molecular weight excluding hydrogens is 464 g/mol. The number of nitrogens with zero attached hydrogens (tertiary/aromatic N) is 2. The number of allylic oxidation sites excluding steroid dienone is 2. The summed E-state index contributed by atoms with van der Waals surface area (Å²) in [5.74, 6) is 1.99. The molecule has 0 amide bonds. The van der Waals surface area contributed by atoms with Crippen LogP contribution in [0, 0.1) is 0 Å². The summed E-state index contributed by atoms with van der Waals surface area (Å²) < 4.78 is 6.40. The Morgan fingerprint density at radius 2 is 1.03 bits per heavy atom. The summed E-state index contributed by atoms with van der Waals surface area (Å²) in [6.45, 7) is 20.6. The van der Waals surface area contributed by atoms with Gasteiger partial charge in [-0.05, 0) is 129 Å². The maximum absolute atomic E-state index is 6.40. The number of fused-ring (bicyclic) bond motifs is 2. The maximum atomic E-state index is 6.40. The number of ether oxygens (including phenoxy) is 1. The Morgan fingerprint density at radius 1 is 0.632 bits per heavy atom. The molecule has 0 fully saturated rings. The highest BCUT2D eigenvalue weighted by atomic mass is 16.5. The lowest BCUT2D eigenvalue weighted by Gasteiger charge is -2.30. The Bertz CT molecular complexity index is 964. The number of unbranched alkanes of at least 4 members (excludes halogenated alkanes) is 2. The first kappa shape index (κ1) is 30.2. The standard InChI is InChI=1S/C35H52N2O/c1-26(2)36(27(3)4)21-13-9-11-15-30-17-19-32-25-33-20-18-31(24-35(33)38-34(32)23-30)16-12-10-14-22-37(28(5)6)29(7)8/h11-12,15-20,23-24,26-29H,9-10,13-14,21-22,25H2,1-8H3. The van der Waals surface area contributed by atoms with E-state index in [2.05, 4.69) is 126 Å². The van der Waals surface area contributed by atoms with Gasteiger partial charge in [-0.3, -0.25) is 9.80 Å². The second-order valence-corrected chi connectivity index (χ2v) is 12.0. The minimum Gasteiger partial charge on any atom is -0.457 e. The van der Waals surface area contributed by atoms with Gasteiger partial charge in [-0.2, -0.15) is 0 Å². The van der Waals surface area contributed by atoms with Gasteiger partial charge in [0.15, 0.2) is 0 Å². The van der Waals surface area contributed by atoms with Crippen LogP contribution >= 0.6 is 0 Å². The van der Waals surface area contributed by atoms with Crippen LogP contribution in [-0.4, -0.2) is 47.1 Å². The van der Waals surface area contributed by atoms with E-state index in [0.717, 1.165) is 43.9 Å². The lowest BCUT2D eigenvalue weighted by molar-refractivity contribution is 0.173. The van der Waals surface area contributed by atoms with Gasteiger partial charge in [-0.25, -0.2) is 0 Å². The quantitative estimate of drug-likeness (QED) is 0.199. The predicted octanol–water partition coefficient (Wildman–Crippen LogP) is 9.21. The van der Waals surface area contributed by atoms with Gasteiger partial charge in [0.2, 0.25) is 0 Å². The molecule has 0 atom stereocenters. The summed E-state index contributed by atoms with van der Waals surface area (Å²) >= 11 is 0. The van der Waals surface area contributed by atoms with Gasteiger partial charge in [-0.15, -0.1) is 0 Å². The molecule has 2 aromatic carbocycles. The Hall–Kier alpha value is -2.36. The van der Waals surface area contributed by atoms with Crippen LogP contribution in [0.2, 0.25) is 0 Å². The van der Waals surface area contributed by atoms with E-state index in [-0.39, 0.29) is 0 Å². The molecule has 0 radical (unpaired) electrons. The molecule has 0 aromatic heterocycles. The summed E-state index contributed by atoms with van der Waals surface area (Å²) in [5, 5.41) is 0. The molecule has 38 heavy (non-hydrogen) atoms. The van der Waals surface area contributed by atoms with Crippen LogP contribution in [0.4, 0.5) is 0 Å². The third kappa shape index (κ3) is 8.85. The molecule has 3 rings (SSSR count). The average molecular weight is 517 g/mol. The first-order chi connectivity index (χ1) is 18.2. The number of rotatable bonds is 14. The van der Waals surface area contributed by atoms with Crippen molar-refractivity contribution in [3.8, 4) is 11.5 Å². The van der Waals surface area contributed by atoms with E-state index in [4.69, 9.17) is 4.74 Å². The molecule has 1 aliphatic rings. The molecular formula is C35H52N2O. The summed E-state index contributed by atoms with van der Waals surface area (Å²) in [7, 11) is 0. The Kier molecular flexibility index (Phi) is 11.7. The predicted molar refractivity (Wildman–Crippen MR) is 166 cm³/mol. The Balaban J connectivity index is 1.53. The van der Waals surface area contributed by atoms with Gasteiger partial charge in [0.25, 0.3) is 0 Å². The third-order valence-electron chi connectivity index (χ3n) is 7.63. The molecule has 0 bridgehead atoms. The van der Waals surface area contributed by atoms with Crippen LogP contribution in [0.1, 0.15) is 103 Å². The van der Waals surface area contributed by atoms with E-state index in [1.165, 1.54) is 35.1 Å². The van der Waals surface area contributed by atoms with E-state index in [1.807, 2.05) is 0 Å². The van der Waals surface area contributed by atoms with Crippen molar-refractivity contribution in [3.63, 3.8) is 0 Å². The highest BCUT2D eigenvalue weighted by Gasteiger charge is 2.17. The molecule has 0 saturated heterocycles. The van der Waals surface area contributed by atoms with Crippen molar-refractivity contribution in [1.82, 2.24) is 9.80 Å². The van der Waals surface area contributed by atoms with Crippen molar-refractivity contribution in [3.05, 3.63) is 70.8 Å². The molecule has 2 aromatic rings. The third-order valence-corrected chi connectivity index (χ3v) is 7.63. The summed E-state index contributed by atoms with van der Waals surface area (Å²) in [6.07, 6.45) is 14.6. The van der Waals surface area contributed by atoms with Crippen LogP contribution in [0.5, 0.6) is 11.5 Å². The topological polar surface area (TPSA) is 15.7 Å². The van der Waals surface area contributed by atoms with Gasteiger partial charge >= 0.3 is 0 Å². The van der Waals surface area contributed by atoms with E-state index < -0.39 is 0 Å². The minimum atomic E-state index is 0.598. The molecule has 3 heteroatoms. The van der Waals surface area contributed by atoms with Crippen molar-refractivity contribution in [2.45, 2.75) is 112 Å². The Morgan fingerprint density at radius 3 is 1.39 bits per heavy atom. The fourth-order valence-electron chi connectivity index (χ4n) is 5.60. The monoisotopic (exact) mass is 516 g/mol. The van der Waals surface area contributed by atoms with Crippen molar-refractivity contribution >= 4 is 12.2 Å². The van der Waals surface area contributed by atoms with E-state index >= 15 is 0 Å². The summed E-state index contributed by atoms with van der Waals surface area (Å²) in [4.78, 5) is 5.13. The van der Waals surface area contributed by atoms with Crippen LogP contribution in [-0.2, 0) is 6.42 Å². The van der Waals surface area contributed by atoms with Crippen molar-refractivity contribution in [2.24, 2.45) is 0 Å². The first-order valence-electron chi connectivity index (χ1n) is 14.9.